The molecule has 0 spiro atoms. The van der Waals surface area contributed by atoms with Crippen molar-refractivity contribution in [3.05, 3.63) is 17.5 Å². The van der Waals surface area contributed by atoms with Crippen LogP contribution in [0.15, 0.2) is 6.07 Å². The first kappa shape index (κ1) is 12.7. The number of nitrogens with zero attached hydrogens (tertiary/aromatic N) is 2. The summed E-state index contributed by atoms with van der Waals surface area (Å²) in [4.78, 5) is 12.1. The van der Waals surface area contributed by atoms with Gasteiger partial charge in [-0.3, -0.25) is 9.48 Å². The third kappa shape index (κ3) is 2.81. The van der Waals surface area contributed by atoms with Crippen LogP contribution in [0.4, 0.5) is 0 Å². The Morgan fingerprint density at radius 1 is 1.42 bits per heavy atom. The number of aryl methyl sites for hydroxylation is 2. The Balaban J connectivity index is 1.55. The van der Waals surface area contributed by atoms with Gasteiger partial charge in [0.25, 0.3) is 0 Å². The number of nitrogens with one attached hydrogen (secondary N) is 2. The molecule has 3 heterocycles. The molecule has 1 aromatic heterocycles. The SMILES string of the molecule is Cc1cc(C)n(CC(=O)NC2CC3CCC(C2)N3)n1. The van der Waals surface area contributed by atoms with E-state index in [9.17, 15) is 4.79 Å². The fourth-order valence-electron chi connectivity index (χ4n) is 3.42. The molecule has 5 nitrogen and oxygen atoms in total. The fraction of sp³-hybridized carbons (Fsp3) is 0.714. The quantitative estimate of drug-likeness (QED) is 0.851. The van der Waals surface area contributed by atoms with Crippen molar-refractivity contribution in [1.82, 2.24) is 20.4 Å². The van der Waals surface area contributed by atoms with E-state index in [-0.39, 0.29) is 5.91 Å². The highest BCUT2D eigenvalue weighted by molar-refractivity contribution is 5.76. The minimum absolute atomic E-state index is 0.0810. The smallest absolute Gasteiger partial charge is 0.241 e. The van der Waals surface area contributed by atoms with Gasteiger partial charge in [-0.05, 0) is 45.6 Å². The van der Waals surface area contributed by atoms with Gasteiger partial charge in [0, 0.05) is 23.8 Å². The fourth-order valence-corrected chi connectivity index (χ4v) is 3.42. The van der Waals surface area contributed by atoms with E-state index in [1.165, 1.54) is 12.8 Å². The molecule has 1 aromatic rings. The van der Waals surface area contributed by atoms with Crippen molar-refractivity contribution in [2.75, 3.05) is 0 Å². The maximum Gasteiger partial charge on any atom is 0.241 e. The molecule has 2 fully saturated rings. The van der Waals surface area contributed by atoms with Crippen LogP contribution in [0, 0.1) is 13.8 Å². The maximum atomic E-state index is 12.1. The molecule has 2 atom stereocenters. The Hall–Kier alpha value is -1.36. The summed E-state index contributed by atoms with van der Waals surface area (Å²) in [6.45, 7) is 4.27. The van der Waals surface area contributed by atoms with Crippen LogP contribution in [0.25, 0.3) is 0 Å². The number of hydrogen-bond donors (Lipinski definition) is 2. The Morgan fingerprint density at radius 3 is 2.68 bits per heavy atom. The van der Waals surface area contributed by atoms with Gasteiger partial charge in [-0.15, -0.1) is 0 Å². The molecule has 0 radical (unpaired) electrons. The van der Waals surface area contributed by atoms with Crippen molar-refractivity contribution in [2.24, 2.45) is 0 Å². The highest BCUT2D eigenvalue weighted by Crippen LogP contribution is 2.26. The van der Waals surface area contributed by atoms with E-state index in [0.29, 0.717) is 24.7 Å². The molecule has 3 rings (SSSR count). The van der Waals surface area contributed by atoms with E-state index in [1.807, 2.05) is 19.9 Å². The standard InChI is InChI=1S/C14H22N4O/c1-9-5-10(2)18(17-9)8-14(19)16-13-6-11-3-4-12(7-13)15-11/h5,11-13,15H,3-4,6-8H2,1-2H3,(H,16,19). The summed E-state index contributed by atoms with van der Waals surface area (Å²) in [5, 5.41) is 11.1. The van der Waals surface area contributed by atoms with Crippen molar-refractivity contribution >= 4 is 5.91 Å². The second kappa shape index (κ2) is 4.96. The second-order valence-corrected chi connectivity index (χ2v) is 5.96. The average molecular weight is 262 g/mol. The third-order valence-corrected chi connectivity index (χ3v) is 4.23. The molecular weight excluding hydrogens is 240 g/mol. The summed E-state index contributed by atoms with van der Waals surface area (Å²) >= 11 is 0. The van der Waals surface area contributed by atoms with Crippen molar-refractivity contribution in [2.45, 2.75) is 64.2 Å². The number of piperidine rings is 1. The molecule has 2 aliphatic heterocycles. The molecule has 19 heavy (non-hydrogen) atoms. The van der Waals surface area contributed by atoms with Crippen LogP contribution in [0.5, 0.6) is 0 Å². The number of fused-ring (bicyclic) bond motifs is 2. The van der Waals surface area contributed by atoms with Gasteiger partial charge in [-0.1, -0.05) is 0 Å². The Bertz CT molecular complexity index is 470. The van der Waals surface area contributed by atoms with Crippen molar-refractivity contribution in [3.63, 3.8) is 0 Å². The van der Waals surface area contributed by atoms with Gasteiger partial charge in [-0.25, -0.2) is 0 Å². The first-order chi connectivity index (χ1) is 9.10. The van der Waals surface area contributed by atoms with E-state index in [2.05, 4.69) is 15.7 Å². The average Bonchev–Trinajstić information content (AvgIpc) is 2.82. The van der Waals surface area contributed by atoms with Gasteiger partial charge in [0.05, 0.1) is 5.69 Å². The van der Waals surface area contributed by atoms with E-state index >= 15 is 0 Å². The maximum absolute atomic E-state index is 12.1. The molecule has 2 unspecified atom stereocenters. The zero-order valence-corrected chi connectivity index (χ0v) is 11.6. The predicted octanol–water partition coefficient (Wildman–Crippen LogP) is 0.899. The lowest BCUT2D eigenvalue weighted by molar-refractivity contribution is -0.122. The van der Waals surface area contributed by atoms with Crippen molar-refractivity contribution in [1.29, 1.82) is 0 Å². The van der Waals surface area contributed by atoms with Crippen LogP contribution in [0.3, 0.4) is 0 Å². The van der Waals surface area contributed by atoms with E-state index in [0.717, 1.165) is 24.2 Å². The molecule has 0 aromatic carbocycles. The van der Waals surface area contributed by atoms with E-state index in [1.54, 1.807) is 4.68 Å². The third-order valence-electron chi connectivity index (χ3n) is 4.23. The first-order valence-corrected chi connectivity index (χ1v) is 7.16. The molecule has 2 N–H and O–H groups in total. The lowest BCUT2D eigenvalue weighted by Crippen LogP contribution is -2.48. The van der Waals surface area contributed by atoms with Gasteiger partial charge in [0.15, 0.2) is 0 Å². The van der Waals surface area contributed by atoms with Gasteiger partial charge in [0.2, 0.25) is 5.91 Å². The Kier molecular flexibility index (Phi) is 3.31. The number of carbonyl (C=O) groups is 1. The number of rotatable bonds is 3. The zero-order valence-electron chi connectivity index (χ0n) is 11.6. The number of amides is 1. The van der Waals surface area contributed by atoms with Crippen LogP contribution in [-0.4, -0.2) is 33.8 Å². The van der Waals surface area contributed by atoms with Crippen LogP contribution in [0.2, 0.25) is 0 Å². The van der Waals surface area contributed by atoms with E-state index in [4.69, 9.17) is 0 Å². The molecule has 1 amide bonds. The monoisotopic (exact) mass is 262 g/mol. The highest BCUT2D eigenvalue weighted by Gasteiger charge is 2.33. The first-order valence-electron chi connectivity index (χ1n) is 7.16. The number of carbonyl (C=O) groups excluding carboxylic acids is 1. The molecule has 2 bridgehead atoms. The summed E-state index contributed by atoms with van der Waals surface area (Å²) < 4.78 is 1.78. The van der Waals surface area contributed by atoms with Crippen molar-refractivity contribution in [3.8, 4) is 0 Å². The lowest BCUT2D eigenvalue weighted by atomic mass is 10.00. The van der Waals surface area contributed by atoms with Gasteiger partial charge < -0.3 is 10.6 Å². The zero-order chi connectivity index (χ0) is 13.4. The molecule has 2 aliphatic rings. The predicted molar refractivity (Wildman–Crippen MR) is 72.8 cm³/mol. The summed E-state index contributed by atoms with van der Waals surface area (Å²) in [7, 11) is 0. The van der Waals surface area contributed by atoms with Crippen LogP contribution < -0.4 is 10.6 Å². The highest BCUT2D eigenvalue weighted by atomic mass is 16.2. The van der Waals surface area contributed by atoms with Crippen LogP contribution in [-0.2, 0) is 11.3 Å². The van der Waals surface area contributed by atoms with Crippen LogP contribution in [0.1, 0.15) is 37.1 Å². The molecule has 0 aliphatic carbocycles. The second-order valence-electron chi connectivity index (χ2n) is 5.96. The summed E-state index contributed by atoms with van der Waals surface area (Å²) in [6, 6.07) is 3.55. The van der Waals surface area contributed by atoms with Gasteiger partial charge in [0.1, 0.15) is 6.54 Å². The topological polar surface area (TPSA) is 59.0 Å². The van der Waals surface area contributed by atoms with Gasteiger partial charge >= 0.3 is 0 Å². The molecule has 0 saturated carbocycles. The van der Waals surface area contributed by atoms with Crippen LogP contribution >= 0.6 is 0 Å². The van der Waals surface area contributed by atoms with Crippen molar-refractivity contribution < 1.29 is 4.79 Å². The van der Waals surface area contributed by atoms with E-state index < -0.39 is 0 Å². The number of hydrogen-bond acceptors (Lipinski definition) is 3. The normalized spacial score (nSPS) is 29.5. The number of aromatic nitrogens is 2. The molecular formula is C14H22N4O. The minimum atomic E-state index is 0.0810. The molecule has 5 heteroatoms. The molecule has 104 valence electrons. The summed E-state index contributed by atoms with van der Waals surface area (Å²) in [5.74, 6) is 0.0810. The Labute approximate surface area is 113 Å². The molecule has 2 saturated heterocycles. The van der Waals surface area contributed by atoms with Gasteiger partial charge in [-0.2, -0.15) is 5.10 Å². The minimum Gasteiger partial charge on any atom is -0.352 e. The summed E-state index contributed by atoms with van der Waals surface area (Å²) in [5.41, 5.74) is 2.00. The largest absolute Gasteiger partial charge is 0.352 e. The lowest BCUT2D eigenvalue weighted by Gasteiger charge is -2.29. The Morgan fingerprint density at radius 2 is 2.11 bits per heavy atom. The summed E-state index contributed by atoms with van der Waals surface area (Å²) in [6.07, 6.45) is 4.65.